The van der Waals surface area contributed by atoms with Gasteiger partial charge in [-0.2, -0.15) is 5.10 Å². The number of nitrogens with zero attached hydrogens (tertiary/aromatic N) is 5. The number of hydrogen-bond acceptors (Lipinski definition) is 8. The van der Waals surface area contributed by atoms with Crippen LogP contribution in [0.1, 0.15) is 56.1 Å². The lowest BCUT2D eigenvalue weighted by atomic mass is 9.96. The zero-order valence-corrected chi connectivity index (χ0v) is 18.7. The number of thiazole rings is 1. The molecule has 2 aromatic heterocycles. The molecule has 2 aliphatic rings. The average molecular weight is 449 g/mol. The normalized spacial score (nSPS) is 17.6. The van der Waals surface area contributed by atoms with Gasteiger partial charge in [0.05, 0.1) is 25.3 Å². The lowest BCUT2D eigenvalue weighted by Gasteiger charge is -2.30. The molecule has 1 aliphatic carbocycles. The first-order chi connectivity index (χ1) is 14.9. The number of piperidine rings is 1. The van der Waals surface area contributed by atoms with E-state index in [2.05, 4.69) is 20.3 Å². The smallest absolute Gasteiger partial charge is 0.345 e. The summed E-state index contributed by atoms with van der Waals surface area (Å²) in [6.45, 7) is 3.94. The number of ether oxygens (including phenoxy) is 1. The molecule has 1 N–H and O–H groups in total. The van der Waals surface area contributed by atoms with Gasteiger partial charge in [0.1, 0.15) is 5.82 Å². The molecule has 1 amide bonds. The van der Waals surface area contributed by atoms with Gasteiger partial charge in [0.2, 0.25) is 5.91 Å². The molecule has 0 radical (unpaired) electrons. The highest BCUT2D eigenvalue weighted by molar-refractivity contribution is 7.13. The first-order valence-corrected chi connectivity index (χ1v) is 11.6. The summed E-state index contributed by atoms with van der Waals surface area (Å²) >= 11 is 1.30. The van der Waals surface area contributed by atoms with Gasteiger partial charge in [0.15, 0.2) is 5.13 Å². The van der Waals surface area contributed by atoms with Gasteiger partial charge in [-0.3, -0.25) is 19.1 Å². The Morgan fingerprint density at radius 3 is 2.68 bits per heavy atom. The van der Waals surface area contributed by atoms with Crippen LogP contribution in [0, 0.1) is 0 Å². The molecule has 4 rings (SSSR count). The number of nitrogens with one attached hydrogen (secondary N) is 1. The Labute approximate surface area is 184 Å². The van der Waals surface area contributed by atoms with Crippen LogP contribution in [0.2, 0.25) is 0 Å². The maximum atomic E-state index is 12.4. The summed E-state index contributed by atoms with van der Waals surface area (Å²) < 4.78 is 8.24. The quantitative estimate of drug-likeness (QED) is 0.606. The molecule has 3 heterocycles. The molecule has 168 valence electrons. The van der Waals surface area contributed by atoms with Crippen LogP contribution in [0.15, 0.2) is 10.2 Å². The van der Waals surface area contributed by atoms with Crippen LogP contribution in [0.4, 0.5) is 5.13 Å². The highest BCUT2D eigenvalue weighted by Crippen LogP contribution is 2.37. The lowest BCUT2D eigenvalue weighted by molar-refractivity contribution is -0.142. The van der Waals surface area contributed by atoms with Crippen molar-refractivity contribution in [2.24, 2.45) is 7.05 Å². The van der Waals surface area contributed by atoms with Crippen molar-refractivity contribution in [3.63, 3.8) is 0 Å². The fourth-order valence-corrected chi connectivity index (χ4v) is 4.70. The third-order valence-electron chi connectivity index (χ3n) is 5.64. The van der Waals surface area contributed by atoms with Gasteiger partial charge in [-0.15, -0.1) is 11.3 Å². The molecule has 2 aromatic rings. The summed E-state index contributed by atoms with van der Waals surface area (Å²) in [6.07, 6.45) is 3.95. The van der Waals surface area contributed by atoms with Crippen molar-refractivity contribution in [2.45, 2.75) is 51.0 Å². The van der Waals surface area contributed by atoms with Crippen LogP contribution in [0.5, 0.6) is 0 Å². The highest BCUT2D eigenvalue weighted by Gasteiger charge is 2.33. The number of likely N-dealkylation sites (tertiary alicyclic amines) is 1. The molecule has 1 aliphatic heterocycles. The Morgan fingerprint density at radius 2 is 2.00 bits per heavy atom. The summed E-state index contributed by atoms with van der Waals surface area (Å²) in [5.74, 6) is 0.700. The number of aromatic nitrogens is 4. The van der Waals surface area contributed by atoms with E-state index in [9.17, 15) is 14.4 Å². The third-order valence-corrected chi connectivity index (χ3v) is 6.45. The lowest BCUT2D eigenvalue weighted by Crippen LogP contribution is -2.39. The number of hydrogen-bond donors (Lipinski definition) is 1. The van der Waals surface area contributed by atoms with Crippen molar-refractivity contribution in [3.05, 3.63) is 27.4 Å². The molecule has 0 spiro atoms. The Bertz CT molecular complexity index is 1000. The molecule has 11 heteroatoms. The van der Waals surface area contributed by atoms with Crippen molar-refractivity contribution >= 4 is 28.3 Å². The second kappa shape index (κ2) is 9.31. The minimum absolute atomic E-state index is 0.0231. The zero-order valence-electron chi connectivity index (χ0n) is 17.9. The molecule has 0 unspecified atom stereocenters. The van der Waals surface area contributed by atoms with Crippen molar-refractivity contribution in [1.29, 1.82) is 0 Å². The van der Waals surface area contributed by atoms with E-state index in [1.807, 2.05) is 4.57 Å². The highest BCUT2D eigenvalue weighted by atomic mass is 32.1. The summed E-state index contributed by atoms with van der Waals surface area (Å²) in [4.78, 5) is 42.7. The molecular weight excluding hydrogens is 420 g/mol. The van der Waals surface area contributed by atoms with Crippen molar-refractivity contribution in [1.82, 2.24) is 24.2 Å². The number of amides is 1. The molecule has 1 saturated carbocycles. The minimum Gasteiger partial charge on any atom is -0.466 e. The van der Waals surface area contributed by atoms with E-state index in [0.29, 0.717) is 23.5 Å². The number of carbonyl (C=O) groups excluding carboxylic acids is 2. The number of carbonyl (C=O) groups is 2. The van der Waals surface area contributed by atoms with E-state index in [4.69, 9.17) is 4.74 Å². The van der Waals surface area contributed by atoms with Crippen LogP contribution in [-0.4, -0.2) is 62.3 Å². The largest absolute Gasteiger partial charge is 0.466 e. The zero-order chi connectivity index (χ0) is 22.0. The van der Waals surface area contributed by atoms with E-state index in [0.717, 1.165) is 44.6 Å². The maximum absolute atomic E-state index is 12.4. The van der Waals surface area contributed by atoms with Crippen LogP contribution in [0.25, 0.3) is 0 Å². The summed E-state index contributed by atoms with van der Waals surface area (Å²) in [7, 11) is 1.71. The van der Waals surface area contributed by atoms with Gasteiger partial charge < -0.3 is 10.1 Å². The monoisotopic (exact) mass is 448 g/mol. The van der Waals surface area contributed by atoms with Gasteiger partial charge in [-0.05, 0) is 45.7 Å². The van der Waals surface area contributed by atoms with Crippen molar-refractivity contribution in [2.75, 3.05) is 31.6 Å². The predicted molar refractivity (Wildman–Crippen MR) is 115 cm³/mol. The summed E-state index contributed by atoms with van der Waals surface area (Å²) in [5, 5.41) is 9.56. The predicted octanol–water partition coefficient (Wildman–Crippen LogP) is 1.30. The molecule has 31 heavy (non-hydrogen) atoms. The molecule has 0 aromatic carbocycles. The number of aryl methyl sites for hydroxylation is 1. The van der Waals surface area contributed by atoms with Crippen LogP contribution in [-0.2, 0) is 27.8 Å². The molecule has 0 atom stereocenters. The van der Waals surface area contributed by atoms with Gasteiger partial charge in [0.25, 0.3) is 0 Å². The minimum atomic E-state index is -0.325. The number of anilines is 1. The first-order valence-electron chi connectivity index (χ1n) is 10.7. The van der Waals surface area contributed by atoms with E-state index < -0.39 is 0 Å². The summed E-state index contributed by atoms with van der Waals surface area (Å²) in [5.41, 5.74) is 0.571. The van der Waals surface area contributed by atoms with Crippen LogP contribution in [0.3, 0.4) is 0 Å². The van der Waals surface area contributed by atoms with Crippen molar-refractivity contribution in [3.8, 4) is 0 Å². The fourth-order valence-electron chi connectivity index (χ4n) is 3.97. The fraction of sp³-hybridized carbons (Fsp3) is 0.650. The van der Waals surface area contributed by atoms with Crippen LogP contribution < -0.4 is 11.0 Å². The maximum Gasteiger partial charge on any atom is 0.345 e. The van der Waals surface area contributed by atoms with Crippen LogP contribution >= 0.6 is 11.3 Å². The number of rotatable bonds is 8. The Kier molecular flexibility index (Phi) is 6.51. The average Bonchev–Trinajstić information content (AvgIpc) is 3.40. The van der Waals surface area contributed by atoms with E-state index in [1.54, 1.807) is 19.4 Å². The van der Waals surface area contributed by atoms with E-state index in [1.165, 1.54) is 16.0 Å². The standard InChI is InChI=1S/C20H28N6O4S/c1-3-30-17(28)10-14-12-31-19(21-14)22-16(27)11-25-8-6-13(7-9-25)18-23-24(2)20(29)26(18)15-4-5-15/h12-13,15H,3-11H2,1-2H3,(H,21,22,27). The first kappa shape index (κ1) is 21.7. The number of esters is 1. The van der Waals surface area contributed by atoms with Gasteiger partial charge in [0, 0.05) is 24.4 Å². The van der Waals surface area contributed by atoms with Gasteiger partial charge in [-0.25, -0.2) is 14.5 Å². The second-order valence-corrected chi connectivity index (χ2v) is 8.95. The van der Waals surface area contributed by atoms with Gasteiger partial charge in [-0.1, -0.05) is 0 Å². The molecular formula is C20H28N6O4S. The molecule has 0 bridgehead atoms. The van der Waals surface area contributed by atoms with E-state index >= 15 is 0 Å². The van der Waals surface area contributed by atoms with Gasteiger partial charge >= 0.3 is 11.7 Å². The second-order valence-electron chi connectivity index (χ2n) is 8.09. The Hall–Kier alpha value is -2.53. The summed E-state index contributed by atoms with van der Waals surface area (Å²) in [6, 6.07) is 0.312. The van der Waals surface area contributed by atoms with Crippen molar-refractivity contribution < 1.29 is 14.3 Å². The SMILES string of the molecule is CCOC(=O)Cc1csc(NC(=O)CN2CCC(c3nn(C)c(=O)n3C3CC3)CC2)n1. The molecule has 10 nitrogen and oxygen atoms in total. The Morgan fingerprint density at radius 1 is 1.26 bits per heavy atom. The third kappa shape index (κ3) is 5.21. The molecule has 1 saturated heterocycles. The Balaban J connectivity index is 1.26. The van der Waals surface area contributed by atoms with E-state index in [-0.39, 0.29) is 36.4 Å². The topological polar surface area (TPSA) is 111 Å². The molecule has 2 fully saturated rings.